The van der Waals surface area contributed by atoms with Crippen molar-refractivity contribution in [3.8, 4) is 0 Å². The lowest BCUT2D eigenvalue weighted by molar-refractivity contribution is -0.120. The molecule has 6 heteroatoms. The largest absolute Gasteiger partial charge is 0.444 e. The molecule has 0 aromatic rings. The van der Waals surface area contributed by atoms with Gasteiger partial charge in [-0.25, -0.2) is 4.79 Å². The molecule has 0 bridgehead atoms. The van der Waals surface area contributed by atoms with E-state index in [0.717, 1.165) is 38.6 Å². The van der Waals surface area contributed by atoms with E-state index in [0.29, 0.717) is 18.5 Å². The molecule has 0 spiro atoms. The van der Waals surface area contributed by atoms with Crippen LogP contribution in [0.25, 0.3) is 0 Å². The molecule has 3 atom stereocenters. The average molecular weight is 325 g/mol. The number of rotatable bonds is 4. The number of carbonyl (C=O) groups is 2. The first kappa shape index (κ1) is 18.0. The molecule has 132 valence electrons. The van der Waals surface area contributed by atoms with E-state index in [9.17, 15) is 9.59 Å². The fourth-order valence-corrected chi connectivity index (χ4v) is 3.80. The molecule has 2 aliphatic rings. The molecule has 1 aliphatic carbocycles. The van der Waals surface area contributed by atoms with Crippen LogP contribution in [0.5, 0.6) is 0 Å². The van der Waals surface area contributed by atoms with Crippen LogP contribution in [0.2, 0.25) is 0 Å². The summed E-state index contributed by atoms with van der Waals surface area (Å²) in [7, 11) is 1.65. The van der Waals surface area contributed by atoms with Crippen molar-refractivity contribution in [2.45, 2.75) is 70.6 Å². The Morgan fingerprint density at radius 3 is 2.57 bits per heavy atom. The van der Waals surface area contributed by atoms with Gasteiger partial charge in [-0.2, -0.15) is 0 Å². The summed E-state index contributed by atoms with van der Waals surface area (Å²) < 4.78 is 5.56. The van der Waals surface area contributed by atoms with E-state index < -0.39 is 5.60 Å². The maximum atomic E-state index is 12.5. The molecule has 3 unspecified atom stereocenters. The lowest BCUT2D eigenvalue weighted by Crippen LogP contribution is -2.49. The van der Waals surface area contributed by atoms with Crippen molar-refractivity contribution >= 4 is 12.0 Å². The number of carbonyl (C=O) groups excluding carboxylic acids is 2. The highest BCUT2D eigenvalue weighted by Gasteiger charge is 2.41. The third-order valence-electron chi connectivity index (χ3n) is 4.79. The normalized spacial score (nSPS) is 28.0. The SMILES string of the molecule is CNC(=O)CNC1CCCC1C1CCCN1C(=O)OC(C)(C)C. The molecule has 2 fully saturated rings. The Labute approximate surface area is 139 Å². The van der Waals surface area contributed by atoms with Crippen molar-refractivity contribution in [2.75, 3.05) is 20.1 Å². The molecule has 1 saturated heterocycles. The predicted molar refractivity (Wildman–Crippen MR) is 89.2 cm³/mol. The highest BCUT2D eigenvalue weighted by atomic mass is 16.6. The first-order valence-corrected chi connectivity index (χ1v) is 8.75. The van der Waals surface area contributed by atoms with Crippen LogP contribution in [0.15, 0.2) is 0 Å². The molecule has 2 amide bonds. The molecule has 0 aromatic carbocycles. The predicted octanol–water partition coefficient (Wildman–Crippen LogP) is 1.89. The third-order valence-corrected chi connectivity index (χ3v) is 4.79. The molecule has 1 heterocycles. The van der Waals surface area contributed by atoms with Crippen molar-refractivity contribution in [1.82, 2.24) is 15.5 Å². The minimum Gasteiger partial charge on any atom is -0.444 e. The molecular formula is C17H31N3O3. The lowest BCUT2D eigenvalue weighted by Gasteiger charge is -2.34. The number of likely N-dealkylation sites (tertiary alicyclic amines) is 1. The zero-order chi connectivity index (χ0) is 17.0. The summed E-state index contributed by atoms with van der Waals surface area (Å²) in [5.41, 5.74) is -0.462. The van der Waals surface area contributed by atoms with Crippen LogP contribution in [0, 0.1) is 5.92 Å². The van der Waals surface area contributed by atoms with Gasteiger partial charge in [0.15, 0.2) is 0 Å². The monoisotopic (exact) mass is 325 g/mol. The second-order valence-corrected chi connectivity index (χ2v) is 7.64. The Balaban J connectivity index is 1.97. The van der Waals surface area contributed by atoms with Crippen molar-refractivity contribution in [2.24, 2.45) is 5.92 Å². The summed E-state index contributed by atoms with van der Waals surface area (Å²) >= 11 is 0. The van der Waals surface area contributed by atoms with Gasteiger partial charge < -0.3 is 20.3 Å². The van der Waals surface area contributed by atoms with Crippen LogP contribution in [-0.2, 0) is 9.53 Å². The van der Waals surface area contributed by atoms with Crippen molar-refractivity contribution in [1.29, 1.82) is 0 Å². The smallest absolute Gasteiger partial charge is 0.410 e. The molecule has 2 rings (SSSR count). The van der Waals surface area contributed by atoms with Crippen LogP contribution in [0.1, 0.15) is 52.9 Å². The maximum Gasteiger partial charge on any atom is 0.410 e. The summed E-state index contributed by atoms with van der Waals surface area (Å²) in [5.74, 6) is 0.417. The summed E-state index contributed by atoms with van der Waals surface area (Å²) in [6.45, 7) is 6.83. The second kappa shape index (κ2) is 7.51. The Kier molecular flexibility index (Phi) is 5.89. The number of hydrogen-bond acceptors (Lipinski definition) is 4. The van der Waals surface area contributed by atoms with Gasteiger partial charge in [0.2, 0.25) is 5.91 Å². The number of ether oxygens (including phenoxy) is 1. The van der Waals surface area contributed by atoms with Gasteiger partial charge >= 0.3 is 6.09 Å². The fraction of sp³-hybridized carbons (Fsp3) is 0.882. The van der Waals surface area contributed by atoms with Crippen molar-refractivity contribution in [3.05, 3.63) is 0 Å². The average Bonchev–Trinajstić information content (AvgIpc) is 3.10. The number of likely N-dealkylation sites (N-methyl/N-ethyl adjacent to an activating group) is 1. The molecular weight excluding hydrogens is 294 g/mol. The zero-order valence-electron chi connectivity index (χ0n) is 14.9. The molecule has 6 nitrogen and oxygen atoms in total. The van der Waals surface area contributed by atoms with E-state index in [1.165, 1.54) is 0 Å². The molecule has 1 saturated carbocycles. The quantitative estimate of drug-likeness (QED) is 0.828. The van der Waals surface area contributed by atoms with E-state index in [4.69, 9.17) is 4.74 Å². The zero-order valence-corrected chi connectivity index (χ0v) is 14.9. The highest BCUT2D eigenvalue weighted by molar-refractivity contribution is 5.77. The second-order valence-electron chi connectivity index (χ2n) is 7.64. The number of nitrogens with one attached hydrogen (secondary N) is 2. The van der Waals surface area contributed by atoms with E-state index >= 15 is 0 Å². The van der Waals surface area contributed by atoms with Crippen LogP contribution in [0.4, 0.5) is 4.79 Å². The molecule has 0 aromatic heterocycles. The van der Waals surface area contributed by atoms with Crippen LogP contribution in [0.3, 0.4) is 0 Å². The molecule has 2 N–H and O–H groups in total. The first-order chi connectivity index (χ1) is 10.8. The number of amides is 2. The number of nitrogens with zero attached hydrogens (tertiary/aromatic N) is 1. The molecule has 0 radical (unpaired) electrons. The third kappa shape index (κ3) is 4.83. The molecule has 23 heavy (non-hydrogen) atoms. The van der Waals surface area contributed by atoms with Crippen LogP contribution in [-0.4, -0.2) is 54.7 Å². The van der Waals surface area contributed by atoms with E-state index in [1.807, 2.05) is 25.7 Å². The van der Waals surface area contributed by atoms with E-state index in [2.05, 4.69) is 10.6 Å². The Morgan fingerprint density at radius 2 is 1.91 bits per heavy atom. The van der Waals surface area contributed by atoms with Gasteiger partial charge in [0.25, 0.3) is 0 Å². The summed E-state index contributed by atoms with van der Waals surface area (Å²) in [6, 6.07) is 0.537. The van der Waals surface area contributed by atoms with Crippen molar-refractivity contribution < 1.29 is 14.3 Å². The van der Waals surface area contributed by atoms with Gasteiger partial charge in [0, 0.05) is 25.7 Å². The van der Waals surface area contributed by atoms with E-state index in [1.54, 1.807) is 7.05 Å². The highest BCUT2D eigenvalue weighted by Crippen LogP contribution is 2.36. The number of hydrogen-bond donors (Lipinski definition) is 2. The van der Waals surface area contributed by atoms with Crippen LogP contribution >= 0.6 is 0 Å². The van der Waals surface area contributed by atoms with Gasteiger partial charge in [-0.1, -0.05) is 6.42 Å². The van der Waals surface area contributed by atoms with Crippen molar-refractivity contribution in [3.63, 3.8) is 0 Å². The fourth-order valence-electron chi connectivity index (χ4n) is 3.80. The Hall–Kier alpha value is -1.30. The summed E-state index contributed by atoms with van der Waals surface area (Å²) in [5, 5.41) is 6.02. The van der Waals surface area contributed by atoms with Gasteiger partial charge in [-0.15, -0.1) is 0 Å². The first-order valence-electron chi connectivity index (χ1n) is 8.75. The Bertz CT molecular complexity index is 433. The minimum atomic E-state index is -0.462. The van der Waals surface area contributed by atoms with Crippen LogP contribution < -0.4 is 10.6 Å². The van der Waals surface area contributed by atoms with Gasteiger partial charge in [-0.05, 0) is 52.4 Å². The van der Waals surface area contributed by atoms with Gasteiger partial charge in [-0.3, -0.25) is 4.79 Å². The molecule has 1 aliphatic heterocycles. The van der Waals surface area contributed by atoms with E-state index in [-0.39, 0.29) is 18.0 Å². The lowest BCUT2D eigenvalue weighted by atomic mass is 9.92. The summed E-state index contributed by atoms with van der Waals surface area (Å²) in [6.07, 6.45) is 5.19. The topological polar surface area (TPSA) is 70.7 Å². The van der Waals surface area contributed by atoms with Gasteiger partial charge in [0.1, 0.15) is 5.60 Å². The van der Waals surface area contributed by atoms with Gasteiger partial charge in [0.05, 0.1) is 6.54 Å². The Morgan fingerprint density at radius 1 is 1.17 bits per heavy atom. The standard InChI is InChI=1S/C17H31N3O3/c1-17(2,3)23-16(22)20-10-6-9-14(20)12-7-5-8-13(12)19-11-15(21)18-4/h12-14,19H,5-11H2,1-4H3,(H,18,21). The minimum absolute atomic E-state index is 0.00562. The maximum absolute atomic E-state index is 12.5. The summed E-state index contributed by atoms with van der Waals surface area (Å²) in [4.78, 5) is 25.8.